The standard InChI is InChI=1S/C12H9Cl2N3O2/c13-9-5-7(10-3-4-15-11(14)17-10)1-2-8(9)6-16-12(18)19/h1-5,16H,6H2,(H,18,19). The SMILES string of the molecule is O=C(O)NCc1ccc(-c2ccnc(Cl)n2)cc1Cl. The second-order valence-corrected chi connectivity index (χ2v) is 4.42. The van der Waals surface area contributed by atoms with Crippen LogP contribution in [0.1, 0.15) is 5.56 Å². The molecule has 1 aromatic carbocycles. The van der Waals surface area contributed by atoms with Gasteiger partial charge in [0.05, 0.1) is 5.69 Å². The van der Waals surface area contributed by atoms with Crippen molar-refractivity contribution in [2.24, 2.45) is 0 Å². The fourth-order valence-corrected chi connectivity index (χ4v) is 1.91. The molecule has 0 bridgehead atoms. The van der Waals surface area contributed by atoms with Crippen molar-refractivity contribution < 1.29 is 9.90 Å². The first-order chi connectivity index (χ1) is 9.06. The van der Waals surface area contributed by atoms with E-state index in [4.69, 9.17) is 28.3 Å². The lowest BCUT2D eigenvalue weighted by molar-refractivity contribution is 0.194. The van der Waals surface area contributed by atoms with Gasteiger partial charge in [0, 0.05) is 23.3 Å². The molecule has 0 saturated heterocycles. The summed E-state index contributed by atoms with van der Waals surface area (Å²) in [6, 6.07) is 6.96. The third-order valence-electron chi connectivity index (χ3n) is 2.41. The highest BCUT2D eigenvalue weighted by molar-refractivity contribution is 6.31. The number of nitrogens with one attached hydrogen (secondary N) is 1. The van der Waals surface area contributed by atoms with Crippen molar-refractivity contribution >= 4 is 29.3 Å². The summed E-state index contributed by atoms with van der Waals surface area (Å²) in [6.07, 6.45) is 0.459. The van der Waals surface area contributed by atoms with Crippen molar-refractivity contribution in [1.29, 1.82) is 0 Å². The zero-order valence-corrected chi connectivity index (χ0v) is 11.1. The Morgan fingerprint density at radius 1 is 1.32 bits per heavy atom. The van der Waals surface area contributed by atoms with E-state index < -0.39 is 6.09 Å². The molecule has 0 unspecified atom stereocenters. The Balaban J connectivity index is 2.26. The number of benzene rings is 1. The van der Waals surface area contributed by atoms with Crippen LogP contribution in [0, 0.1) is 0 Å². The van der Waals surface area contributed by atoms with Gasteiger partial charge in [-0.3, -0.25) is 0 Å². The molecule has 0 fully saturated rings. The lowest BCUT2D eigenvalue weighted by Crippen LogP contribution is -2.20. The molecule has 1 aromatic heterocycles. The van der Waals surface area contributed by atoms with E-state index in [1.807, 2.05) is 0 Å². The first kappa shape index (κ1) is 13.6. The van der Waals surface area contributed by atoms with Gasteiger partial charge in [-0.15, -0.1) is 0 Å². The topological polar surface area (TPSA) is 75.1 Å². The minimum absolute atomic E-state index is 0.152. The molecule has 0 aliphatic rings. The van der Waals surface area contributed by atoms with Gasteiger partial charge in [0.25, 0.3) is 0 Å². The Kier molecular flexibility index (Phi) is 4.19. The highest BCUT2D eigenvalue weighted by atomic mass is 35.5. The summed E-state index contributed by atoms with van der Waals surface area (Å²) >= 11 is 11.8. The third kappa shape index (κ3) is 3.56. The molecule has 5 nitrogen and oxygen atoms in total. The van der Waals surface area contributed by atoms with Gasteiger partial charge in [0.1, 0.15) is 0 Å². The van der Waals surface area contributed by atoms with Crippen LogP contribution < -0.4 is 5.32 Å². The Hall–Kier alpha value is -1.85. The molecule has 2 N–H and O–H groups in total. The fourth-order valence-electron chi connectivity index (χ4n) is 1.52. The van der Waals surface area contributed by atoms with Crippen LogP contribution in [-0.2, 0) is 6.54 Å². The molecular weight excluding hydrogens is 289 g/mol. The predicted octanol–water partition coefficient (Wildman–Crippen LogP) is 3.22. The van der Waals surface area contributed by atoms with E-state index in [1.165, 1.54) is 0 Å². The Morgan fingerprint density at radius 3 is 2.74 bits per heavy atom. The smallest absolute Gasteiger partial charge is 0.404 e. The first-order valence-electron chi connectivity index (χ1n) is 5.30. The van der Waals surface area contributed by atoms with Crippen LogP contribution in [0.25, 0.3) is 11.3 Å². The van der Waals surface area contributed by atoms with Crippen molar-refractivity contribution in [2.75, 3.05) is 0 Å². The van der Waals surface area contributed by atoms with Crippen LogP contribution in [0.4, 0.5) is 4.79 Å². The van der Waals surface area contributed by atoms with Gasteiger partial charge in [-0.05, 0) is 29.3 Å². The Morgan fingerprint density at radius 2 is 2.11 bits per heavy atom. The van der Waals surface area contributed by atoms with Crippen LogP contribution in [-0.4, -0.2) is 21.2 Å². The summed E-state index contributed by atoms with van der Waals surface area (Å²) in [5, 5.41) is 11.4. The van der Waals surface area contributed by atoms with E-state index in [2.05, 4.69) is 15.3 Å². The van der Waals surface area contributed by atoms with Crippen molar-refractivity contribution in [3.8, 4) is 11.3 Å². The average molecular weight is 298 g/mol. The quantitative estimate of drug-likeness (QED) is 0.853. The second-order valence-electron chi connectivity index (χ2n) is 3.68. The van der Waals surface area contributed by atoms with Crippen molar-refractivity contribution in [3.63, 3.8) is 0 Å². The maximum atomic E-state index is 10.4. The number of rotatable bonds is 3. The molecule has 0 spiro atoms. The average Bonchev–Trinajstić information content (AvgIpc) is 2.37. The van der Waals surface area contributed by atoms with E-state index >= 15 is 0 Å². The molecule has 19 heavy (non-hydrogen) atoms. The highest BCUT2D eigenvalue weighted by Gasteiger charge is 2.06. The number of hydrogen-bond donors (Lipinski definition) is 2. The second kappa shape index (κ2) is 5.86. The van der Waals surface area contributed by atoms with Gasteiger partial charge in [-0.1, -0.05) is 23.7 Å². The number of carbonyl (C=O) groups is 1. The lowest BCUT2D eigenvalue weighted by atomic mass is 10.1. The fraction of sp³-hybridized carbons (Fsp3) is 0.0833. The van der Waals surface area contributed by atoms with Crippen molar-refractivity contribution in [3.05, 3.63) is 46.3 Å². The molecule has 0 aliphatic carbocycles. The van der Waals surface area contributed by atoms with E-state index in [0.29, 0.717) is 16.3 Å². The van der Waals surface area contributed by atoms with E-state index in [1.54, 1.807) is 30.5 Å². The Labute approximate surface area is 119 Å². The maximum Gasteiger partial charge on any atom is 0.404 e. The van der Waals surface area contributed by atoms with Gasteiger partial charge < -0.3 is 10.4 Å². The van der Waals surface area contributed by atoms with Crippen LogP contribution in [0.5, 0.6) is 0 Å². The molecule has 0 saturated carbocycles. The summed E-state index contributed by atoms with van der Waals surface area (Å²) in [4.78, 5) is 18.3. The summed E-state index contributed by atoms with van der Waals surface area (Å²) in [5.41, 5.74) is 2.13. The van der Waals surface area contributed by atoms with Gasteiger partial charge in [0.15, 0.2) is 0 Å². The minimum atomic E-state index is -1.09. The van der Waals surface area contributed by atoms with Crippen molar-refractivity contribution in [2.45, 2.75) is 6.54 Å². The molecule has 0 aliphatic heterocycles. The van der Waals surface area contributed by atoms with E-state index in [9.17, 15) is 4.79 Å². The maximum absolute atomic E-state index is 10.4. The molecule has 1 heterocycles. The largest absolute Gasteiger partial charge is 0.465 e. The molecular formula is C12H9Cl2N3O2. The van der Waals surface area contributed by atoms with Gasteiger partial charge in [-0.25, -0.2) is 14.8 Å². The molecule has 0 radical (unpaired) electrons. The third-order valence-corrected chi connectivity index (χ3v) is 2.94. The summed E-state index contributed by atoms with van der Waals surface area (Å²) < 4.78 is 0. The molecule has 98 valence electrons. The van der Waals surface area contributed by atoms with Crippen LogP contribution in [0.2, 0.25) is 10.3 Å². The highest BCUT2D eigenvalue weighted by Crippen LogP contribution is 2.24. The molecule has 2 aromatic rings. The minimum Gasteiger partial charge on any atom is -0.465 e. The summed E-state index contributed by atoms with van der Waals surface area (Å²) in [6.45, 7) is 0.152. The summed E-state index contributed by atoms with van der Waals surface area (Å²) in [7, 11) is 0. The van der Waals surface area contributed by atoms with Gasteiger partial charge in [-0.2, -0.15) is 0 Å². The normalized spacial score (nSPS) is 10.2. The van der Waals surface area contributed by atoms with Crippen LogP contribution in [0.15, 0.2) is 30.5 Å². The predicted molar refractivity (Wildman–Crippen MR) is 72.4 cm³/mol. The molecule has 2 rings (SSSR count). The molecule has 1 amide bonds. The summed E-state index contributed by atoms with van der Waals surface area (Å²) in [5.74, 6) is 0. The number of amides is 1. The zero-order chi connectivity index (χ0) is 13.8. The first-order valence-corrected chi connectivity index (χ1v) is 6.06. The number of halogens is 2. The van der Waals surface area contributed by atoms with E-state index in [-0.39, 0.29) is 11.8 Å². The monoisotopic (exact) mass is 297 g/mol. The lowest BCUT2D eigenvalue weighted by Gasteiger charge is -2.07. The van der Waals surface area contributed by atoms with E-state index in [0.717, 1.165) is 5.56 Å². The van der Waals surface area contributed by atoms with Gasteiger partial charge >= 0.3 is 6.09 Å². The molecule has 7 heteroatoms. The number of aromatic nitrogens is 2. The molecule has 0 atom stereocenters. The van der Waals surface area contributed by atoms with Crippen LogP contribution >= 0.6 is 23.2 Å². The number of carboxylic acid groups (broad SMARTS) is 1. The number of hydrogen-bond acceptors (Lipinski definition) is 3. The van der Waals surface area contributed by atoms with Gasteiger partial charge in [0.2, 0.25) is 5.28 Å². The zero-order valence-electron chi connectivity index (χ0n) is 9.60. The van der Waals surface area contributed by atoms with Crippen molar-refractivity contribution in [1.82, 2.24) is 15.3 Å². The Bertz CT molecular complexity index is 620. The number of nitrogens with zero attached hydrogens (tertiary/aromatic N) is 2. The van der Waals surface area contributed by atoms with Crippen LogP contribution in [0.3, 0.4) is 0 Å².